The van der Waals surface area contributed by atoms with E-state index in [0.717, 1.165) is 25.9 Å². The zero-order valence-corrected chi connectivity index (χ0v) is 17.7. The largest absolute Gasteiger partial charge is 0.482 e. The number of anilines is 3. The molecule has 2 aliphatic rings. The molecule has 32 heavy (non-hydrogen) atoms. The Bertz CT molecular complexity index is 1140. The maximum Gasteiger partial charge on any atom is 0.262 e. The molecule has 2 amide bonds. The molecule has 6 nitrogen and oxygen atoms in total. The molecule has 2 aliphatic heterocycles. The molecule has 0 saturated carbocycles. The minimum atomic E-state index is -0.190. The van der Waals surface area contributed by atoms with Crippen molar-refractivity contribution in [2.24, 2.45) is 5.92 Å². The molecule has 2 N–H and O–H groups in total. The summed E-state index contributed by atoms with van der Waals surface area (Å²) in [6.45, 7) is 1.69. The van der Waals surface area contributed by atoms with Crippen molar-refractivity contribution in [2.75, 3.05) is 35.2 Å². The van der Waals surface area contributed by atoms with E-state index in [1.807, 2.05) is 6.07 Å². The lowest BCUT2D eigenvalue weighted by atomic mass is 9.95. The van der Waals surface area contributed by atoms with Gasteiger partial charge in [-0.05, 0) is 54.3 Å². The average Bonchev–Trinajstić information content (AvgIpc) is 2.84. The van der Waals surface area contributed by atoms with E-state index in [9.17, 15) is 9.59 Å². The third-order valence-electron chi connectivity index (χ3n) is 6.06. The van der Waals surface area contributed by atoms with Gasteiger partial charge in [0.25, 0.3) is 5.91 Å². The third kappa shape index (κ3) is 4.30. The topological polar surface area (TPSA) is 70.7 Å². The fourth-order valence-corrected chi connectivity index (χ4v) is 4.32. The fourth-order valence-electron chi connectivity index (χ4n) is 4.32. The molecular weight excluding hydrogens is 402 g/mol. The van der Waals surface area contributed by atoms with Gasteiger partial charge in [0.15, 0.2) is 6.61 Å². The van der Waals surface area contributed by atoms with Crippen molar-refractivity contribution in [3.63, 3.8) is 0 Å². The van der Waals surface area contributed by atoms with Crippen LogP contribution in [0.25, 0.3) is 11.1 Å². The van der Waals surface area contributed by atoms with Crippen molar-refractivity contribution in [3.05, 3.63) is 72.8 Å². The Morgan fingerprint density at radius 3 is 2.53 bits per heavy atom. The van der Waals surface area contributed by atoms with E-state index < -0.39 is 0 Å². The highest BCUT2D eigenvalue weighted by molar-refractivity contribution is 5.98. The van der Waals surface area contributed by atoms with Crippen molar-refractivity contribution >= 4 is 28.9 Å². The van der Waals surface area contributed by atoms with E-state index in [0.29, 0.717) is 17.1 Å². The number of hydrogen-bond acceptors (Lipinski definition) is 4. The van der Waals surface area contributed by atoms with Crippen LogP contribution in [0, 0.1) is 5.92 Å². The number of fused-ring (bicyclic) bond motifs is 1. The third-order valence-corrected chi connectivity index (χ3v) is 6.06. The second-order valence-corrected chi connectivity index (χ2v) is 8.21. The minimum absolute atomic E-state index is 0.0192. The molecule has 0 aliphatic carbocycles. The Balaban J connectivity index is 1.20. The van der Waals surface area contributed by atoms with Gasteiger partial charge in [-0.1, -0.05) is 42.5 Å². The quantitative estimate of drug-likeness (QED) is 0.641. The number of amides is 2. The first-order valence-corrected chi connectivity index (χ1v) is 10.9. The Hall–Kier alpha value is -3.80. The van der Waals surface area contributed by atoms with Crippen LogP contribution in [0.1, 0.15) is 12.8 Å². The normalized spacial score (nSPS) is 16.0. The predicted molar refractivity (Wildman–Crippen MR) is 126 cm³/mol. The summed E-state index contributed by atoms with van der Waals surface area (Å²) in [4.78, 5) is 26.7. The highest BCUT2D eigenvalue weighted by Crippen LogP contribution is 2.32. The predicted octanol–water partition coefficient (Wildman–Crippen LogP) is 4.54. The van der Waals surface area contributed by atoms with Crippen LogP contribution in [0.15, 0.2) is 72.8 Å². The number of carbonyl (C=O) groups is 2. The summed E-state index contributed by atoms with van der Waals surface area (Å²) < 4.78 is 5.37. The maximum atomic E-state index is 12.8. The van der Waals surface area contributed by atoms with Crippen LogP contribution in [0.4, 0.5) is 17.1 Å². The first-order chi connectivity index (χ1) is 15.7. The number of hydrogen-bond donors (Lipinski definition) is 2. The highest BCUT2D eigenvalue weighted by Gasteiger charge is 2.26. The van der Waals surface area contributed by atoms with E-state index in [2.05, 4.69) is 64.1 Å². The van der Waals surface area contributed by atoms with Gasteiger partial charge in [-0.3, -0.25) is 9.59 Å². The molecule has 0 atom stereocenters. The van der Waals surface area contributed by atoms with Crippen molar-refractivity contribution in [3.8, 4) is 16.9 Å². The Labute approximate surface area is 187 Å². The maximum absolute atomic E-state index is 12.8. The van der Waals surface area contributed by atoms with Crippen molar-refractivity contribution in [1.82, 2.24) is 0 Å². The minimum Gasteiger partial charge on any atom is -0.482 e. The summed E-state index contributed by atoms with van der Waals surface area (Å²) >= 11 is 0. The Morgan fingerprint density at radius 1 is 0.938 bits per heavy atom. The van der Waals surface area contributed by atoms with Gasteiger partial charge >= 0.3 is 0 Å². The molecule has 1 fully saturated rings. The second kappa shape index (κ2) is 8.75. The molecule has 0 aromatic heterocycles. The van der Waals surface area contributed by atoms with Gasteiger partial charge in [0.05, 0.1) is 5.69 Å². The van der Waals surface area contributed by atoms with Gasteiger partial charge in [-0.2, -0.15) is 0 Å². The molecule has 6 heteroatoms. The number of carbonyl (C=O) groups excluding carboxylic acids is 2. The van der Waals surface area contributed by atoms with Gasteiger partial charge < -0.3 is 20.3 Å². The molecule has 0 unspecified atom stereocenters. The number of piperidine rings is 1. The van der Waals surface area contributed by atoms with Gasteiger partial charge in [-0.15, -0.1) is 0 Å². The molecule has 3 aromatic carbocycles. The summed E-state index contributed by atoms with van der Waals surface area (Å²) in [7, 11) is 0. The van der Waals surface area contributed by atoms with E-state index in [1.165, 1.54) is 16.8 Å². The first-order valence-electron chi connectivity index (χ1n) is 10.9. The van der Waals surface area contributed by atoms with Crippen LogP contribution in [-0.4, -0.2) is 31.5 Å². The summed E-state index contributed by atoms with van der Waals surface area (Å²) in [6.07, 6.45) is 1.60. The monoisotopic (exact) mass is 427 g/mol. The van der Waals surface area contributed by atoms with E-state index >= 15 is 0 Å². The standard InChI is InChI=1S/C26H25N3O3/c30-25-17-32-24-10-9-21(16-23(24)28-25)27-26(31)19-11-13-29(14-12-19)22-8-4-7-20(15-22)18-5-2-1-3-6-18/h1-10,15-16,19H,11-14,17H2,(H,27,31)(H,28,30). The van der Waals surface area contributed by atoms with Crippen molar-refractivity contribution < 1.29 is 14.3 Å². The first kappa shape index (κ1) is 20.1. The summed E-state index contributed by atoms with van der Waals surface area (Å²) in [5, 5.41) is 5.77. The molecule has 0 radical (unpaired) electrons. The molecule has 5 rings (SSSR count). The Morgan fingerprint density at radius 2 is 1.72 bits per heavy atom. The molecule has 3 aromatic rings. The van der Waals surface area contributed by atoms with Gasteiger partial charge in [-0.25, -0.2) is 0 Å². The zero-order chi connectivity index (χ0) is 21.9. The summed E-state index contributed by atoms with van der Waals surface area (Å²) in [5.74, 6) is 0.412. The van der Waals surface area contributed by atoms with Gasteiger partial charge in [0.1, 0.15) is 5.75 Å². The summed E-state index contributed by atoms with van der Waals surface area (Å²) in [5.41, 5.74) is 4.85. The van der Waals surface area contributed by atoms with Crippen LogP contribution in [0.2, 0.25) is 0 Å². The van der Waals surface area contributed by atoms with E-state index in [-0.39, 0.29) is 24.3 Å². The van der Waals surface area contributed by atoms with Gasteiger partial charge in [0.2, 0.25) is 5.91 Å². The lowest BCUT2D eigenvalue weighted by Crippen LogP contribution is -2.38. The lowest BCUT2D eigenvalue weighted by Gasteiger charge is -2.33. The van der Waals surface area contributed by atoms with E-state index in [4.69, 9.17) is 4.74 Å². The van der Waals surface area contributed by atoms with Crippen LogP contribution in [-0.2, 0) is 9.59 Å². The molecule has 0 bridgehead atoms. The number of ether oxygens (including phenoxy) is 1. The van der Waals surface area contributed by atoms with Crippen molar-refractivity contribution in [2.45, 2.75) is 12.8 Å². The number of nitrogens with one attached hydrogen (secondary N) is 2. The molecule has 0 spiro atoms. The lowest BCUT2D eigenvalue weighted by molar-refractivity contribution is -0.120. The van der Waals surface area contributed by atoms with Crippen LogP contribution >= 0.6 is 0 Å². The molecule has 162 valence electrons. The number of nitrogens with zero attached hydrogens (tertiary/aromatic N) is 1. The smallest absolute Gasteiger partial charge is 0.262 e. The van der Waals surface area contributed by atoms with Gasteiger partial charge in [0, 0.05) is 30.4 Å². The Kier molecular flexibility index (Phi) is 5.50. The van der Waals surface area contributed by atoms with Crippen LogP contribution in [0.5, 0.6) is 5.75 Å². The fraction of sp³-hybridized carbons (Fsp3) is 0.231. The van der Waals surface area contributed by atoms with Crippen LogP contribution < -0.4 is 20.3 Å². The number of benzene rings is 3. The SMILES string of the molecule is O=C1COc2ccc(NC(=O)C3CCN(c4cccc(-c5ccccc5)c4)CC3)cc2N1. The average molecular weight is 428 g/mol. The van der Waals surface area contributed by atoms with Crippen molar-refractivity contribution in [1.29, 1.82) is 0 Å². The van der Waals surface area contributed by atoms with E-state index in [1.54, 1.807) is 18.2 Å². The zero-order valence-electron chi connectivity index (χ0n) is 17.7. The molecular formula is C26H25N3O3. The number of rotatable bonds is 4. The molecule has 1 saturated heterocycles. The second-order valence-electron chi connectivity index (χ2n) is 8.21. The highest BCUT2D eigenvalue weighted by atomic mass is 16.5. The summed E-state index contributed by atoms with van der Waals surface area (Å²) in [6, 6.07) is 24.3. The van der Waals surface area contributed by atoms with Crippen LogP contribution in [0.3, 0.4) is 0 Å². The molecule has 2 heterocycles.